The van der Waals surface area contributed by atoms with Gasteiger partial charge in [0, 0.05) is 19.3 Å². The Hall–Kier alpha value is -2.47. The molecule has 0 aliphatic carbocycles. The van der Waals surface area contributed by atoms with E-state index in [2.05, 4.69) is 41.8 Å². The van der Waals surface area contributed by atoms with Crippen molar-refractivity contribution in [3.63, 3.8) is 0 Å². The number of tetrazole rings is 1. The van der Waals surface area contributed by atoms with Gasteiger partial charge in [0.15, 0.2) is 17.0 Å². The van der Waals surface area contributed by atoms with Crippen LogP contribution in [0.3, 0.4) is 0 Å². The minimum atomic E-state index is -0.517. The molecule has 0 spiro atoms. The Morgan fingerprint density at radius 2 is 2.04 bits per heavy atom. The lowest BCUT2D eigenvalue weighted by molar-refractivity contribution is -0.127. The summed E-state index contributed by atoms with van der Waals surface area (Å²) in [5.41, 5.74) is 0.902. The molecule has 28 heavy (non-hydrogen) atoms. The normalized spacial score (nSPS) is 21.6. The summed E-state index contributed by atoms with van der Waals surface area (Å²) < 4.78 is 2.28. The molecule has 12 heteroatoms. The SMILES string of the molecule is CN1C(=O)NC(=O)C2C1N=C(Br)N2CCCSc1nnnn1-c1ccccc1. The largest absolute Gasteiger partial charge is 0.335 e. The van der Waals surface area contributed by atoms with E-state index in [1.807, 2.05) is 35.2 Å². The summed E-state index contributed by atoms with van der Waals surface area (Å²) in [5, 5.41) is 15.0. The van der Waals surface area contributed by atoms with Crippen molar-refractivity contribution in [2.24, 2.45) is 4.99 Å². The summed E-state index contributed by atoms with van der Waals surface area (Å²) in [6.45, 7) is 0.612. The van der Waals surface area contributed by atoms with Gasteiger partial charge in [-0.25, -0.2) is 9.79 Å². The van der Waals surface area contributed by atoms with E-state index < -0.39 is 18.2 Å². The Balaban J connectivity index is 1.35. The number of amides is 3. The van der Waals surface area contributed by atoms with Crippen LogP contribution in [0, 0.1) is 0 Å². The molecule has 3 heterocycles. The average molecular weight is 465 g/mol. The number of nitrogens with zero attached hydrogens (tertiary/aromatic N) is 7. The number of benzene rings is 1. The molecule has 146 valence electrons. The van der Waals surface area contributed by atoms with Gasteiger partial charge in [0.25, 0.3) is 5.91 Å². The van der Waals surface area contributed by atoms with Gasteiger partial charge in [-0.3, -0.25) is 10.1 Å². The van der Waals surface area contributed by atoms with Crippen LogP contribution < -0.4 is 5.32 Å². The summed E-state index contributed by atoms with van der Waals surface area (Å²) in [5.74, 6) is 0.435. The van der Waals surface area contributed by atoms with E-state index in [4.69, 9.17) is 0 Å². The molecule has 1 N–H and O–H groups in total. The van der Waals surface area contributed by atoms with Crippen molar-refractivity contribution < 1.29 is 9.59 Å². The Kier molecular flexibility index (Phi) is 5.31. The molecule has 0 radical (unpaired) electrons. The molecule has 0 saturated carbocycles. The van der Waals surface area contributed by atoms with Gasteiger partial charge in [0.2, 0.25) is 5.16 Å². The number of aromatic nitrogens is 4. The first-order valence-corrected chi connectivity index (χ1v) is 10.4. The smallest absolute Gasteiger partial charge is 0.325 e. The number of aliphatic imine (C=N–C) groups is 1. The third kappa shape index (κ3) is 3.49. The maximum atomic E-state index is 12.3. The van der Waals surface area contributed by atoms with Gasteiger partial charge in [-0.05, 0) is 44.9 Å². The van der Waals surface area contributed by atoms with Crippen molar-refractivity contribution in [2.75, 3.05) is 19.3 Å². The second-order valence-corrected chi connectivity index (χ2v) is 8.04. The molecule has 2 aliphatic rings. The Morgan fingerprint density at radius 3 is 2.82 bits per heavy atom. The second-order valence-electron chi connectivity index (χ2n) is 6.27. The molecule has 1 aromatic heterocycles. The highest BCUT2D eigenvalue weighted by molar-refractivity contribution is 9.18. The van der Waals surface area contributed by atoms with Crippen LogP contribution in [0.2, 0.25) is 0 Å². The van der Waals surface area contributed by atoms with Crippen LogP contribution in [-0.4, -0.2) is 78.2 Å². The first kappa shape index (κ1) is 18.9. The van der Waals surface area contributed by atoms with E-state index in [0.717, 1.165) is 17.9 Å². The number of thioether (sulfide) groups is 1. The Labute approximate surface area is 173 Å². The summed E-state index contributed by atoms with van der Waals surface area (Å²) >= 11 is 4.96. The summed E-state index contributed by atoms with van der Waals surface area (Å²) in [6.07, 6.45) is 0.277. The first-order valence-electron chi connectivity index (χ1n) is 8.60. The maximum Gasteiger partial charge on any atom is 0.325 e. The predicted octanol–water partition coefficient (Wildman–Crippen LogP) is 1.09. The van der Waals surface area contributed by atoms with E-state index in [1.54, 1.807) is 23.5 Å². The lowest BCUT2D eigenvalue weighted by Crippen LogP contribution is -2.63. The van der Waals surface area contributed by atoms with Crippen LogP contribution >= 0.6 is 27.7 Å². The number of fused-ring (bicyclic) bond motifs is 1. The molecule has 10 nitrogen and oxygen atoms in total. The number of likely N-dealkylation sites (N-methyl/N-ethyl adjacent to an activating group) is 1. The molecule has 2 aliphatic heterocycles. The fourth-order valence-corrected chi connectivity index (χ4v) is 4.54. The van der Waals surface area contributed by atoms with Crippen LogP contribution in [0.4, 0.5) is 4.79 Å². The Morgan fingerprint density at radius 1 is 1.25 bits per heavy atom. The van der Waals surface area contributed by atoms with E-state index in [0.29, 0.717) is 16.4 Å². The Bertz CT molecular complexity index is 920. The van der Waals surface area contributed by atoms with Gasteiger partial charge in [-0.2, -0.15) is 4.68 Å². The zero-order valence-electron chi connectivity index (χ0n) is 14.9. The molecule has 1 fully saturated rings. The number of nitrogens with one attached hydrogen (secondary N) is 1. The van der Waals surface area contributed by atoms with Crippen molar-refractivity contribution in [3.05, 3.63) is 30.3 Å². The number of amidine groups is 1. The number of urea groups is 1. The fourth-order valence-electron chi connectivity index (χ4n) is 3.12. The van der Waals surface area contributed by atoms with E-state index in [9.17, 15) is 9.59 Å². The molecule has 1 aromatic carbocycles. The molecular formula is C16H17BrN8O2S. The van der Waals surface area contributed by atoms with Crippen molar-refractivity contribution in [3.8, 4) is 5.69 Å². The molecule has 3 amide bonds. The van der Waals surface area contributed by atoms with Crippen LogP contribution in [0.15, 0.2) is 40.5 Å². The highest BCUT2D eigenvalue weighted by atomic mass is 79.9. The second kappa shape index (κ2) is 7.87. The maximum absolute atomic E-state index is 12.3. The fraction of sp³-hybridized carbons (Fsp3) is 0.375. The predicted molar refractivity (Wildman–Crippen MR) is 106 cm³/mol. The molecule has 4 rings (SSSR count). The molecule has 2 atom stereocenters. The number of halogens is 1. The zero-order chi connectivity index (χ0) is 19.7. The molecule has 2 unspecified atom stereocenters. The van der Waals surface area contributed by atoms with E-state index >= 15 is 0 Å². The number of carbonyl (C=O) groups is 2. The number of hydrogen-bond donors (Lipinski definition) is 1. The van der Waals surface area contributed by atoms with Gasteiger partial charge < -0.3 is 9.80 Å². The van der Waals surface area contributed by atoms with Crippen LogP contribution in [0.25, 0.3) is 5.69 Å². The standard InChI is InChI=1S/C16H17BrN8O2S/c1-23-12-11(13(26)19-15(23)27)24(14(17)18-12)8-5-9-28-16-20-21-22-25(16)10-6-3-2-4-7-10/h2-4,6-7,11-12H,5,8-9H2,1H3,(H,19,26,27). The van der Waals surface area contributed by atoms with Crippen molar-refractivity contribution >= 4 is 44.4 Å². The quantitative estimate of drug-likeness (QED) is 0.387. The zero-order valence-corrected chi connectivity index (χ0v) is 17.3. The summed E-state index contributed by atoms with van der Waals surface area (Å²) in [6, 6.07) is 8.75. The monoisotopic (exact) mass is 464 g/mol. The minimum absolute atomic E-state index is 0.327. The third-order valence-corrected chi connectivity index (χ3v) is 6.19. The summed E-state index contributed by atoms with van der Waals surface area (Å²) in [7, 11) is 1.63. The van der Waals surface area contributed by atoms with E-state index in [1.165, 1.54) is 4.90 Å². The lowest BCUT2D eigenvalue weighted by atomic mass is 10.1. The number of imide groups is 1. The van der Waals surface area contributed by atoms with Crippen LogP contribution in [0.1, 0.15) is 6.42 Å². The third-order valence-electron chi connectivity index (χ3n) is 4.53. The molecule has 0 bridgehead atoms. The molecule has 2 aromatic rings. The van der Waals surface area contributed by atoms with Crippen molar-refractivity contribution in [2.45, 2.75) is 23.8 Å². The topological polar surface area (TPSA) is 109 Å². The molecule has 1 saturated heterocycles. The van der Waals surface area contributed by atoms with Crippen molar-refractivity contribution in [1.29, 1.82) is 0 Å². The molecular weight excluding hydrogens is 448 g/mol. The number of carbonyl (C=O) groups excluding carboxylic acids is 2. The van der Waals surface area contributed by atoms with Crippen molar-refractivity contribution in [1.82, 2.24) is 35.3 Å². The number of rotatable bonds is 6. The van der Waals surface area contributed by atoms with Gasteiger partial charge >= 0.3 is 6.03 Å². The van der Waals surface area contributed by atoms with Crippen LogP contribution in [0.5, 0.6) is 0 Å². The summed E-state index contributed by atoms with van der Waals surface area (Å²) in [4.78, 5) is 31.8. The van der Waals surface area contributed by atoms with E-state index in [-0.39, 0.29) is 5.91 Å². The van der Waals surface area contributed by atoms with Gasteiger partial charge in [-0.1, -0.05) is 30.0 Å². The number of para-hydroxylation sites is 1. The lowest BCUT2D eigenvalue weighted by Gasteiger charge is -2.35. The highest BCUT2D eigenvalue weighted by Gasteiger charge is 2.47. The first-order chi connectivity index (χ1) is 13.6. The highest BCUT2D eigenvalue weighted by Crippen LogP contribution is 2.27. The number of hydrogen-bond acceptors (Lipinski definition) is 8. The van der Waals surface area contributed by atoms with Gasteiger partial charge in [0.05, 0.1) is 5.69 Å². The average Bonchev–Trinajstić information content (AvgIpc) is 3.29. The van der Waals surface area contributed by atoms with Gasteiger partial charge in [0.1, 0.15) is 0 Å². The van der Waals surface area contributed by atoms with Gasteiger partial charge in [-0.15, -0.1) is 5.10 Å². The minimum Gasteiger partial charge on any atom is -0.335 e. The van der Waals surface area contributed by atoms with Crippen LogP contribution in [-0.2, 0) is 4.79 Å².